The van der Waals surface area contributed by atoms with Crippen LogP contribution in [-0.4, -0.2) is 12.0 Å². The first-order valence-electron chi connectivity index (χ1n) is 5.78. The summed E-state index contributed by atoms with van der Waals surface area (Å²) in [7, 11) is 0. The summed E-state index contributed by atoms with van der Waals surface area (Å²) in [5.41, 5.74) is -0.0516. The van der Waals surface area contributed by atoms with E-state index in [0.29, 0.717) is 5.56 Å². The van der Waals surface area contributed by atoms with E-state index in [0.717, 1.165) is 17.0 Å². The lowest BCUT2D eigenvalue weighted by molar-refractivity contribution is -0.137. The average molecular weight is 296 g/mol. The van der Waals surface area contributed by atoms with Crippen molar-refractivity contribution in [1.29, 1.82) is 0 Å². The highest BCUT2D eigenvalue weighted by Gasteiger charge is 2.30. The van der Waals surface area contributed by atoms with Gasteiger partial charge in [0.1, 0.15) is 0 Å². The van der Waals surface area contributed by atoms with Crippen molar-refractivity contribution in [3.63, 3.8) is 0 Å². The predicted octanol–water partition coefficient (Wildman–Crippen LogP) is 4.66. The molecule has 0 fully saturated rings. The fraction of sp³-hybridized carbons (Fsp3) is 0.133. The van der Waals surface area contributed by atoms with E-state index < -0.39 is 11.7 Å². The molecule has 0 atom stereocenters. The summed E-state index contributed by atoms with van der Waals surface area (Å²) in [5.74, 6) is -0.286. The molecule has 2 aromatic rings. The van der Waals surface area contributed by atoms with Gasteiger partial charge in [0.2, 0.25) is 0 Å². The molecule has 0 saturated carbocycles. The number of halogens is 3. The minimum Gasteiger partial charge on any atom is -0.289 e. The molecule has 2 aromatic carbocycles. The van der Waals surface area contributed by atoms with Crippen LogP contribution in [0.3, 0.4) is 0 Å². The summed E-state index contributed by atoms with van der Waals surface area (Å²) >= 11 is 1.55. The molecule has 0 radical (unpaired) electrons. The summed E-state index contributed by atoms with van der Waals surface area (Å²) in [6, 6.07) is 11.2. The number of alkyl halides is 3. The van der Waals surface area contributed by atoms with E-state index in [2.05, 4.69) is 0 Å². The predicted molar refractivity (Wildman–Crippen MR) is 73.1 cm³/mol. The molecular weight excluding hydrogens is 285 g/mol. The number of hydrogen-bond acceptors (Lipinski definition) is 2. The zero-order valence-electron chi connectivity index (χ0n) is 10.6. The third-order valence-corrected chi connectivity index (χ3v) is 3.57. The van der Waals surface area contributed by atoms with Crippen LogP contribution >= 0.6 is 11.8 Å². The second kappa shape index (κ2) is 5.71. The summed E-state index contributed by atoms with van der Waals surface area (Å²) in [4.78, 5) is 13.1. The Balaban J connectivity index is 2.24. The summed E-state index contributed by atoms with van der Waals surface area (Å²) < 4.78 is 37.3. The molecule has 0 spiro atoms. The second-order valence-electron chi connectivity index (χ2n) is 4.13. The van der Waals surface area contributed by atoms with Crippen molar-refractivity contribution in [2.24, 2.45) is 0 Å². The van der Waals surface area contributed by atoms with E-state index in [1.165, 1.54) is 12.1 Å². The Bertz CT molecular complexity index is 601. The van der Waals surface area contributed by atoms with Crippen molar-refractivity contribution in [1.82, 2.24) is 0 Å². The molecule has 0 N–H and O–H groups in total. The lowest BCUT2D eigenvalue weighted by Crippen LogP contribution is -2.06. The van der Waals surface area contributed by atoms with Crippen LogP contribution in [0.15, 0.2) is 53.4 Å². The molecule has 0 unspecified atom stereocenters. The minimum absolute atomic E-state index is 0.245. The van der Waals surface area contributed by atoms with E-state index in [4.69, 9.17) is 0 Å². The van der Waals surface area contributed by atoms with Gasteiger partial charge in [-0.1, -0.05) is 12.1 Å². The molecule has 0 amide bonds. The lowest BCUT2D eigenvalue weighted by Gasteiger charge is -2.07. The van der Waals surface area contributed by atoms with Crippen molar-refractivity contribution < 1.29 is 18.0 Å². The largest absolute Gasteiger partial charge is 0.416 e. The first kappa shape index (κ1) is 14.7. The van der Waals surface area contributed by atoms with Crippen molar-refractivity contribution in [3.8, 4) is 0 Å². The van der Waals surface area contributed by atoms with Gasteiger partial charge in [-0.05, 0) is 42.7 Å². The zero-order valence-corrected chi connectivity index (χ0v) is 11.4. The highest BCUT2D eigenvalue weighted by atomic mass is 32.2. The van der Waals surface area contributed by atoms with Gasteiger partial charge in [-0.15, -0.1) is 11.8 Å². The Morgan fingerprint density at radius 2 is 1.35 bits per heavy atom. The molecule has 0 aliphatic carbocycles. The summed E-state index contributed by atoms with van der Waals surface area (Å²) in [5, 5.41) is 0. The highest BCUT2D eigenvalue weighted by Crippen LogP contribution is 2.29. The number of rotatable bonds is 3. The Morgan fingerprint density at radius 3 is 1.75 bits per heavy atom. The van der Waals surface area contributed by atoms with E-state index in [9.17, 15) is 18.0 Å². The highest BCUT2D eigenvalue weighted by molar-refractivity contribution is 7.98. The standard InChI is InChI=1S/C15H11F3OS/c1-20-13-8-4-11(5-9-13)14(19)10-2-6-12(7-3-10)15(16,17)18/h2-9H,1H3. The zero-order chi connectivity index (χ0) is 14.8. The van der Waals surface area contributed by atoms with Crippen molar-refractivity contribution in [2.75, 3.05) is 6.26 Å². The van der Waals surface area contributed by atoms with Gasteiger partial charge in [0.05, 0.1) is 5.56 Å². The minimum atomic E-state index is -4.39. The number of benzene rings is 2. The first-order chi connectivity index (χ1) is 9.41. The maximum absolute atomic E-state index is 12.4. The lowest BCUT2D eigenvalue weighted by atomic mass is 10.0. The molecule has 20 heavy (non-hydrogen) atoms. The van der Waals surface area contributed by atoms with Gasteiger partial charge < -0.3 is 0 Å². The first-order valence-corrected chi connectivity index (χ1v) is 7.00. The molecule has 5 heteroatoms. The van der Waals surface area contributed by atoms with Crippen LogP contribution in [0.25, 0.3) is 0 Å². The molecular formula is C15H11F3OS. The monoisotopic (exact) mass is 296 g/mol. The molecule has 104 valence electrons. The Kier molecular flexibility index (Phi) is 4.18. The van der Waals surface area contributed by atoms with E-state index >= 15 is 0 Å². The van der Waals surface area contributed by atoms with Gasteiger partial charge in [0.25, 0.3) is 0 Å². The number of ketones is 1. The van der Waals surface area contributed by atoms with Gasteiger partial charge in [-0.2, -0.15) is 13.2 Å². The number of thioether (sulfide) groups is 1. The topological polar surface area (TPSA) is 17.1 Å². The van der Waals surface area contributed by atoms with Crippen molar-refractivity contribution >= 4 is 17.5 Å². The normalized spacial score (nSPS) is 11.4. The Hall–Kier alpha value is -1.75. The summed E-state index contributed by atoms with van der Waals surface area (Å²) in [6.45, 7) is 0. The van der Waals surface area contributed by atoms with E-state index in [-0.39, 0.29) is 11.3 Å². The second-order valence-corrected chi connectivity index (χ2v) is 5.01. The number of carbonyl (C=O) groups excluding carboxylic acids is 1. The third kappa shape index (κ3) is 3.22. The smallest absolute Gasteiger partial charge is 0.289 e. The van der Waals surface area contributed by atoms with Crippen LogP contribution in [-0.2, 0) is 6.18 Å². The fourth-order valence-corrected chi connectivity index (χ4v) is 2.13. The molecule has 0 aliphatic rings. The van der Waals surface area contributed by atoms with Crippen LogP contribution in [0, 0.1) is 0 Å². The molecule has 0 bridgehead atoms. The Labute approximate surface area is 118 Å². The van der Waals surface area contributed by atoms with Crippen LogP contribution in [0.2, 0.25) is 0 Å². The molecule has 0 saturated heterocycles. The van der Waals surface area contributed by atoms with Crippen molar-refractivity contribution in [3.05, 3.63) is 65.2 Å². The van der Waals surface area contributed by atoms with E-state index in [1.54, 1.807) is 23.9 Å². The van der Waals surface area contributed by atoms with Crippen LogP contribution in [0.5, 0.6) is 0 Å². The summed E-state index contributed by atoms with van der Waals surface area (Å²) in [6.07, 6.45) is -2.46. The number of carbonyl (C=O) groups is 1. The van der Waals surface area contributed by atoms with Crippen molar-refractivity contribution in [2.45, 2.75) is 11.1 Å². The van der Waals surface area contributed by atoms with Crippen LogP contribution < -0.4 is 0 Å². The molecule has 0 aliphatic heterocycles. The maximum Gasteiger partial charge on any atom is 0.416 e. The van der Waals surface area contributed by atoms with Gasteiger partial charge in [0, 0.05) is 16.0 Å². The van der Waals surface area contributed by atoms with Crippen LogP contribution in [0.4, 0.5) is 13.2 Å². The van der Waals surface area contributed by atoms with Crippen LogP contribution in [0.1, 0.15) is 21.5 Å². The van der Waals surface area contributed by atoms with Gasteiger partial charge >= 0.3 is 6.18 Å². The third-order valence-electron chi connectivity index (χ3n) is 2.83. The van der Waals surface area contributed by atoms with Gasteiger partial charge in [0.15, 0.2) is 5.78 Å². The number of hydrogen-bond donors (Lipinski definition) is 0. The maximum atomic E-state index is 12.4. The molecule has 0 aromatic heterocycles. The molecule has 0 heterocycles. The average Bonchev–Trinajstić information content (AvgIpc) is 2.46. The quantitative estimate of drug-likeness (QED) is 0.605. The molecule has 1 nitrogen and oxygen atoms in total. The SMILES string of the molecule is CSc1ccc(C(=O)c2ccc(C(F)(F)F)cc2)cc1. The Morgan fingerprint density at radius 1 is 0.900 bits per heavy atom. The molecule has 2 rings (SSSR count). The van der Waals surface area contributed by atoms with E-state index in [1.807, 2.05) is 18.4 Å². The fourth-order valence-electron chi connectivity index (χ4n) is 1.72. The van der Waals surface area contributed by atoms with Gasteiger partial charge in [-0.25, -0.2) is 0 Å². The van der Waals surface area contributed by atoms with Gasteiger partial charge in [-0.3, -0.25) is 4.79 Å².